The maximum Gasteiger partial charge on any atom is 0.407 e. The molecule has 21 heavy (non-hydrogen) atoms. The Bertz CT molecular complexity index is 477. The summed E-state index contributed by atoms with van der Waals surface area (Å²) in [5.41, 5.74) is 1.15. The van der Waals surface area contributed by atoms with E-state index in [2.05, 4.69) is 15.0 Å². The van der Waals surface area contributed by atoms with Crippen molar-refractivity contribution in [2.24, 2.45) is 0 Å². The van der Waals surface area contributed by atoms with Crippen molar-refractivity contribution in [1.29, 1.82) is 0 Å². The van der Waals surface area contributed by atoms with Crippen LogP contribution in [0.3, 0.4) is 0 Å². The van der Waals surface area contributed by atoms with Gasteiger partial charge in [0, 0.05) is 12.6 Å². The normalized spacial score (nSPS) is 10.9. The van der Waals surface area contributed by atoms with Crippen LogP contribution in [0.25, 0.3) is 0 Å². The van der Waals surface area contributed by atoms with E-state index < -0.39 is 11.7 Å². The molecule has 1 aromatic heterocycles. The SMILES string of the molecule is COC(=O)CCc1ccc(CNC(=O)OC(C)(C)C)nc1. The summed E-state index contributed by atoms with van der Waals surface area (Å²) in [4.78, 5) is 26.8. The summed E-state index contributed by atoms with van der Waals surface area (Å²) < 4.78 is 9.71. The summed E-state index contributed by atoms with van der Waals surface area (Å²) in [5, 5.41) is 2.64. The summed E-state index contributed by atoms with van der Waals surface area (Å²) in [6, 6.07) is 3.69. The Balaban J connectivity index is 2.41. The molecule has 0 radical (unpaired) electrons. The number of alkyl carbamates (subject to hydrolysis) is 1. The van der Waals surface area contributed by atoms with Crippen LogP contribution in [0.2, 0.25) is 0 Å². The van der Waals surface area contributed by atoms with Gasteiger partial charge in [-0.05, 0) is 38.8 Å². The Hall–Kier alpha value is -2.11. The number of carbonyl (C=O) groups is 2. The number of rotatable bonds is 5. The fourth-order valence-electron chi connectivity index (χ4n) is 1.53. The van der Waals surface area contributed by atoms with Crippen LogP contribution >= 0.6 is 0 Å². The molecule has 6 nitrogen and oxygen atoms in total. The molecular weight excluding hydrogens is 272 g/mol. The Kier molecular flexibility index (Phi) is 6.14. The number of aromatic nitrogens is 1. The first-order valence-electron chi connectivity index (χ1n) is 6.77. The minimum atomic E-state index is -0.519. The van der Waals surface area contributed by atoms with Gasteiger partial charge in [0.2, 0.25) is 0 Å². The van der Waals surface area contributed by atoms with Crippen LogP contribution in [0.1, 0.15) is 38.4 Å². The summed E-state index contributed by atoms with van der Waals surface area (Å²) in [6.45, 7) is 5.72. The molecule has 1 rings (SSSR count). The maximum atomic E-state index is 11.5. The highest BCUT2D eigenvalue weighted by Gasteiger charge is 2.15. The fourth-order valence-corrected chi connectivity index (χ4v) is 1.53. The molecule has 0 aromatic carbocycles. The zero-order valence-corrected chi connectivity index (χ0v) is 12.9. The number of pyridine rings is 1. The van der Waals surface area contributed by atoms with Crippen molar-refractivity contribution in [1.82, 2.24) is 10.3 Å². The molecule has 6 heteroatoms. The molecule has 1 aromatic rings. The van der Waals surface area contributed by atoms with Crippen molar-refractivity contribution >= 4 is 12.1 Å². The molecule has 0 atom stereocenters. The third kappa shape index (κ3) is 7.29. The molecule has 0 unspecified atom stereocenters. The highest BCUT2D eigenvalue weighted by Crippen LogP contribution is 2.07. The van der Waals surface area contributed by atoms with Gasteiger partial charge < -0.3 is 14.8 Å². The molecular formula is C15H22N2O4. The highest BCUT2D eigenvalue weighted by molar-refractivity contribution is 5.69. The lowest BCUT2D eigenvalue weighted by Crippen LogP contribution is -2.32. The zero-order valence-electron chi connectivity index (χ0n) is 12.9. The van der Waals surface area contributed by atoms with E-state index >= 15 is 0 Å². The molecule has 0 saturated heterocycles. The number of methoxy groups -OCH3 is 1. The first-order chi connectivity index (χ1) is 9.80. The maximum absolute atomic E-state index is 11.5. The number of hydrogen-bond donors (Lipinski definition) is 1. The second-order valence-corrected chi connectivity index (χ2v) is 5.59. The average Bonchev–Trinajstić information content (AvgIpc) is 2.41. The lowest BCUT2D eigenvalue weighted by Gasteiger charge is -2.19. The van der Waals surface area contributed by atoms with Gasteiger partial charge in [-0.3, -0.25) is 9.78 Å². The average molecular weight is 294 g/mol. The van der Waals surface area contributed by atoms with Crippen LogP contribution in [-0.2, 0) is 27.2 Å². The van der Waals surface area contributed by atoms with Crippen molar-refractivity contribution in [3.05, 3.63) is 29.6 Å². The number of ether oxygens (including phenoxy) is 2. The van der Waals surface area contributed by atoms with Gasteiger partial charge in [-0.2, -0.15) is 0 Å². The monoisotopic (exact) mass is 294 g/mol. The Morgan fingerprint density at radius 3 is 2.52 bits per heavy atom. The van der Waals surface area contributed by atoms with Crippen LogP contribution in [0.15, 0.2) is 18.3 Å². The van der Waals surface area contributed by atoms with Gasteiger partial charge in [-0.25, -0.2) is 4.79 Å². The van der Waals surface area contributed by atoms with Gasteiger partial charge >= 0.3 is 12.1 Å². The zero-order chi connectivity index (χ0) is 15.9. The fraction of sp³-hybridized carbons (Fsp3) is 0.533. The molecule has 1 heterocycles. The number of esters is 1. The second kappa shape index (κ2) is 7.61. The number of aryl methyl sites for hydroxylation is 1. The minimum absolute atomic E-state index is 0.245. The molecule has 0 aliphatic heterocycles. The van der Waals surface area contributed by atoms with Gasteiger partial charge in [0.05, 0.1) is 19.3 Å². The molecule has 0 aliphatic rings. The van der Waals surface area contributed by atoms with Crippen molar-refractivity contribution < 1.29 is 19.1 Å². The van der Waals surface area contributed by atoms with Crippen molar-refractivity contribution in [3.63, 3.8) is 0 Å². The Morgan fingerprint density at radius 2 is 2.00 bits per heavy atom. The third-order valence-corrected chi connectivity index (χ3v) is 2.54. The number of nitrogens with zero attached hydrogens (tertiary/aromatic N) is 1. The highest BCUT2D eigenvalue weighted by atomic mass is 16.6. The largest absolute Gasteiger partial charge is 0.469 e. The number of amides is 1. The van der Waals surface area contributed by atoms with E-state index in [1.807, 2.05) is 12.1 Å². The van der Waals surface area contributed by atoms with E-state index in [0.717, 1.165) is 11.3 Å². The minimum Gasteiger partial charge on any atom is -0.469 e. The summed E-state index contributed by atoms with van der Waals surface area (Å²) in [5.74, 6) is -0.245. The lowest BCUT2D eigenvalue weighted by molar-refractivity contribution is -0.140. The summed E-state index contributed by atoms with van der Waals surface area (Å²) in [6.07, 6.45) is 2.13. The molecule has 1 N–H and O–H groups in total. The number of hydrogen-bond acceptors (Lipinski definition) is 5. The van der Waals surface area contributed by atoms with Crippen molar-refractivity contribution in [2.45, 2.75) is 45.8 Å². The second-order valence-electron chi connectivity index (χ2n) is 5.59. The molecule has 0 spiro atoms. The first-order valence-corrected chi connectivity index (χ1v) is 6.77. The predicted octanol–water partition coefficient (Wildman–Crippen LogP) is 2.21. The Labute approximate surface area is 124 Å². The van der Waals surface area contributed by atoms with Crippen LogP contribution in [0.4, 0.5) is 4.79 Å². The van der Waals surface area contributed by atoms with E-state index in [9.17, 15) is 9.59 Å². The molecule has 0 aliphatic carbocycles. The molecule has 0 saturated carbocycles. The van der Waals surface area contributed by atoms with E-state index in [-0.39, 0.29) is 5.97 Å². The van der Waals surface area contributed by atoms with Gasteiger partial charge in [0.25, 0.3) is 0 Å². The van der Waals surface area contributed by atoms with Gasteiger partial charge in [-0.15, -0.1) is 0 Å². The molecule has 0 bridgehead atoms. The molecule has 0 fully saturated rings. The first kappa shape index (κ1) is 16.9. The van der Waals surface area contributed by atoms with Gasteiger partial charge in [0.1, 0.15) is 5.60 Å². The summed E-state index contributed by atoms with van der Waals surface area (Å²) in [7, 11) is 1.37. The van der Waals surface area contributed by atoms with Gasteiger partial charge in [-0.1, -0.05) is 6.07 Å². The van der Waals surface area contributed by atoms with Crippen LogP contribution < -0.4 is 5.32 Å². The third-order valence-electron chi connectivity index (χ3n) is 2.54. The van der Waals surface area contributed by atoms with Crippen LogP contribution in [0.5, 0.6) is 0 Å². The van der Waals surface area contributed by atoms with Crippen molar-refractivity contribution in [3.8, 4) is 0 Å². The number of carbonyl (C=O) groups excluding carboxylic acids is 2. The topological polar surface area (TPSA) is 77.5 Å². The smallest absolute Gasteiger partial charge is 0.407 e. The molecule has 1 amide bonds. The predicted molar refractivity (Wildman–Crippen MR) is 77.6 cm³/mol. The quantitative estimate of drug-likeness (QED) is 0.842. The van der Waals surface area contributed by atoms with E-state index in [0.29, 0.717) is 19.4 Å². The molecule has 116 valence electrons. The summed E-state index contributed by atoms with van der Waals surface area (Å²) >= 11 is 0. The van der Waals surface area contributed by atoms with E-state index in [1.165, 1.54) is 7.11 Å². The lowest BCUT2D eigenvalue weighted by atomic mass is 10.1. The van der Waals surface area contributed by atoms with Crippen LogP contribution in [-0.4, -0.2) is 29.8 Å². The van der Waals surface area contributed by atoms with Crippen LogP contribution in [0, 0.1) is 0 Å². The van der Waals surface area contributed by atoms with E-state index in [1.54, 1.807) is 27.0 Å². The standard InChI is InChI=1S/C15H22N2O4/c1-15(2,3)21-14(19)17-10-12-7-5-11(9-16-12)6-8-13(18)20-4/h5,7,9H,6,8,10H2,1-4H3,(H,17,19). The number of nitrogens with one attached hydrogen (secondary N) is 1. The van der Waals surface area contributed by atoms with Crippen molar-refractivity contribution in [2.75, 3.05) is 7.11 Å². The van der Waals surface area contributed by atoms with E-state index in [4.69, 9.17) is 4.74 Å². The van der Waals surface area contributed by atoms with Gasteiger partial charge in [0.15, 0.2) is 0 Å². The Morgan fingerprint density at radius 1 is 1.29 bits per heavy atom.